The van der Waals surface area contributed by atoms with Crippen LogP contribution in [0.25, 0.3) is 6.08 Å². The van der Waals surface area contributed by atoms with Gasteiger partial charge in [-0.25, -0.2) is 4.79 Å². The molecule has 3 amide bonds. The Kier molecular flexibility index (Phi) is 13.5. The molecule has 11 nitrogen and oxygen atoms in total. The Morgan fingerprint density at radius 1 is 0.857 bits per heavy atom. The number of non-ortho nitro benzene ring substituents is 1. The first-order chi connectivity index (χ1) is 27.2. The minimum atomic E-state index is -0.732. The van der Waals surface area contributed by atoms with Crippen molar-refractivity contribution >= 4 is 69.2 Å². The van der Waals surface area contributed by atoms with Gasteiger partial charge in [-0.2, -0.15) is 0 Å². The topological polar surface area (TPSA) is 157 Å². The number of amides is 3. The van der Waals surface area contributed by atoms with Crippen molar-refractivity contribution in [2.45, 2.75) is 55.6 Å². The highest BCUT2D eigenvalue weighted by atomic mass is 32.2. The van der Waals surface area contributed by atoms with E-state index < -0.39 is 28.0 Å². The van der Waals surface area contributed by atoms with Crippen LogP contribution in [0.3, 0.4) is 0 Å². The van der Waals surface area contributed by atoms with E-state index in [2.05, 4.69) is 16.0 Å². The van der Waals surface area contributed by atoms with E-state index in [4.69, 9.17) is 4.74 Å². The smallest absolute Gasteiger partial charge is 0.341 e. The second kappa shape index (κ2) is 19.0. The van der Waals surface area contributed by atoms with Crippen molar-refractivity contribution in [1.29, 1.82) is 0 Å². The quantitative estimate of drug-likeness (QED) is 0.0350. The third-order valence-corrected chi connectivity index (χ3v) is 11.5. The van der Waals surface area contributed by atoms with E-state index in [9.17, 15) is 29.3 Å². The summed E-state index contributed by atoms with van der Waals surface area (Å²) in [5.41, 5.74) is 3.15. The van der Waals surface area contributed by atoms with Crippen LogP contribution in [-0.4, -0.2) is 35.2 Å². The number of fused-ring (bicyclic) bond motifs is 1. The Morgan fingerprint density at radius 2 is 1.55 bits per heavy atom. The molecule has 0 spiro atoms. The number of nitrogens with zero attached hydrogens (tertiary/aromatic N) is 1. The molecule has 0 saturated carbocycles. The zero-order chi connectivity index (χ0) is 39.4. The second-order valence-corrected chi connectivity index (χ2v) is 15.2. The van der Waals surface area contributed by atoms with Crippen LogP contribution in [-0.2, 0) is 27.2 Å². The van der Waals surface area contributed by atoms with Crippen molar-refractivity contribution in [3.8, 4) is 0 Å². The molecule has 6 rings (SSSR count). The number of thioether (sulfide) groups is 1. The highest BCUT2D eigenvalue weighted by Crippen LogP contribution is 2.41. The highest BCUT2D eigenvalue weighted by molar-refractivity contribution is 8.00. The van der Waals surface area contributed by atoms with Crippen molar-refractivity contribution in [2.24, 2.45) is 0 Å². The first-order valence-corrected chi connectivity index (χ1v) is 20.0. The average Bonchev–Trinajstić information content (AvgIpc) is 3.52. The first kappa shape index (κ1) is 39.6. The van der Waals surface area contributed by atoms with Crippen LogP contribution in [0.1, 0.15) is 80.1 Å². The lowest BCUT2D eigenvalue weighted by atomic mass is 9.96. The molecule has 3 N–H and O–H groups in total. The Morgan fingerprint density at radius 3 is 2.25 bits per heavy atom. The average molecular weight is 789 g/mol. The summed E-state index contributed by atoms with van der Waals surface area (Å²) in [4.78, 5) is 66.9. The van der Waals surface area contributed by atoms with E-state index in [0.717, 1.165) is 54.5 Å². The molecule has 4 aromatic carbocycles. The summed E-state index contributed by atoms with van der Waals surface area (Å²) in [6.07, 6.45) is 7.23. The van der Waals surface area contributed by atoms with Gasteiger partial charge in [0.15, 0.2) is 0 Å². The molecule has 0 radical (unpaired) electrons. The van der Waals surface area contributed by atoms with E-state index in [1.165, 1.54) is 53.4 Å². The maximum Gasteiger partial charge on any atom is 0.341 e. The molecule has 13 heteroatoms. The molecular weight excluding hydrogens is 749 g/mol. The van der Waals surface area contributed by atoms with Gasteiger partial charge in [0.05, 0.1) is 17.1 Å². The lowest BCUT2D eigenvalue weighted by molar-refractivity contribution is -0.384. The van der Waals surface area contributed by atoms with Crippen molar-refractivity contribution in [3.05, 3.63) is 158 Å². The normalized spacial score (nSPS) is 13.3. The SMILES string of the molecule is CCOC(=O)c1c(NC(=O)C(Sc2cccc(NC(=O)/C(=C\c3ccc([N+](=O)[O-])cc3)NC(=O)c3ccccc3)c2)c2ccccc2)sc2c1CCCCCC2. The standard InChI is InChI=1S/C43H40N4O7S2/c1-2-54-43(51)37-34-20-11-3-4-12-21-36(34)56-42(37)46-41(50)38(29-14-7-5-8-15-29)55-33-19-13-18-31(27-33)44-40(49)35(45-39(48)30-16-9-6-10-17-30)26-28-22-24-32(25-23-28)47(52)53/h5-10,13-19,22-27,38H,2-4,11-12,20-21H2,1H3,(H,44,49)(H,45,48)(H,46,50)/b35-26+. The number of rotatable bonds is 13. The zero-order valence-corrected chi connectivity index (χ0v) is 32.3. The number of ether oxygens (including phenoxy) is 1. The number of nitro benzene ring substituents is 1. The van der Waals surface area contributed by atoms with E-state index >= 15 is 0 Å². The largest absolute Gasteiger partial charge is 0.462 e. The lowest BCUT2D eigenvalue weighted by Gasteiger charge is -2.18. The van der Waals surface area contributed by atoms with Crippen LogP contribution in [0.2, 0.25) is 0 Å². The number of thiophene rings is 1. The molecule has 1 heterocycles. The van der Waals surface area contributed by atoms with Crippen LogP contribution in [0.5, 0.6) is 0 Å². The van der Waals surface area contributed by atoms with Crippen LogP contribution >= 0.6 is 23.1 Å². The zero-order valence-electron chi connectivity index (χ0n) is 30.6. The molecule has 0 saturated heterocycles. The molecule has 1 aliphatic carbocycles. The van der Waals surface area contributed by atoms with E-state index in [-0.39, 0.29) is 23.9 Å². The number of nitrogens with one attached hydrogen (secondary N) is 3. The van der Waals surface area contributed by atoms with Gasteiger partial charge in [0.2, 0.25) is 5.91 Å². The first-order valence-electron chi connectivity index (χ1n) is 18.3. The van der Waals surface area contributed by atoms with Crippen molar-refractivity contribution in [2.75, 3.05) is 17.2 Å². The van der Waals surface area contributed by atoms with Crippen LogP contribution < -0.4 is 16.0 Å². The Labute approximate surface area is 332 Å². The maximum absolute atomic E-state index is 14.3. The van der Waals surface area contributed by atoms with Crippen LogP contribution in [0.15, 0.2) is 120 Å². The van der Waals surface area contributed by atoms with Gasteiger partial charge < -0.3 is 20.7 Å². The van der Waals surface area contributed by atoms with Gasteiger partial charge in [-0.15, -0.1) is 23.1 Å². The predicted molar refractivity (Wildman–Crippen MR) is 220 cm³/mol. The summed E-state index contributed by atoms with van der Waals surface area (Å²) >= 11 is 2.73. The molecule has 0 fully saturated rings. The number of hydrogen-bond donors (Lipinski definition) is 3. The fourth-order valence-corrected chi connectivity index (χ4v) is 8.65. The van der Waals surface area contributed by atoms with E-state index in [1.807, 2.05) is 36.4 Å². The third-order valence-electron chi connectivity index (χ3n) is 9.02. The van der Waals surface area contributed by atoms with E-state index in [1.54, 1.807) is 55.5 Å². The van der Waals surface area contributed by atoms with Gasteiger partial charge in [-0.3, -0.25) is 24.5 Å². The monoisotopic (exact) mass is 788 g/mol. The molecule has 0 aliphatic heterocycles. The minimum absolute atomic E-state index is 0.0882. The van der Waals surface area contributed by atoms with Gasteiger partial charge >= 0.3 is 5.97 Å². The van der Waals surface area contributed by atoms with Crippen molar-refractivity contribution < 1.29 is 28.8 Å². The molecule has 1 atom stereocenters. The number of benzene rings is 4. The lowest BCUT2D eigenvalue weighted by Crippen LogP contribution is -2.30. The number of carbonyl (C=O) groups excluding carboxylic acids is 4. The molecular formula is C43H40N4O7S2. The number of aryl methyl sites for hydroxylation is 1. The maximum atomic E-state index is 14.3. The molecule has 1 aromatic heterocycles. The summed E-state index contributed by atoms with van der Waals surface area (Å²) in [6.45, 7) is 1.99. The fourth-order valence-electron chi connectivity index (χ4n) is 6.29. The molecule has 1 unspecified atom stereocenters. The van der Waals surface area contributed by atoms with Gasteiger partial charge in [0.25, 0.3) is 17.5 Å². The van der Waals surface area contributed by atoms with Gasteiger partial charge in [0.1, 0.15) is 15.9 Å². The van der Waals surface area contributed by atoms with E-state index in [0.29, 0.717) is 32.3 Å². The number of nitro groups is 1. The fraction of sp³-hybridized carbons (Fsp3) is 0.209. The predicted octanol–water partition coefficient (Wildman–Crippen LogP) is 9.37. The molecule has 5 aromatic rings. The van der Waals surface area contributed by atoms with Crippen molar-refractivity contribution in [1.82, 2.24) is 5.32 Å². The number of hydrogen-bond acceptors (Lipinski definition) is 9. The number of anilines is 2. The molecule has 1 aliphatic rings. The van der Waals surface area contributed by atoms with Crippen LogP contribution in [0, 0.1) is 10.1 Å². The summed E-state index contributed by atoms with van der Waals surface area (Å²) in [7, 11) is 0. The second-order valence-electron chi connectivity index (χ2n) is 12.9. The van der Waals surface area contributed by atoms with Gasteiger partial charge in [-0.1, -0.05) is 67.4 Å². The minimum Gasteiger partial charge on any atom is -0.462 e. The third kappa shape index (κ3) is 10.2. The summed E-state index contributed by atoms with van der Waals surface area (Å²) < 4.78 is 5.46. The number of esters is 1. The molecule has 286 valence electrons. The van der Waals surface area contributed by atoms with Gasteiger partial charge in [0, 0.05) is 33.2 Å². The molecule has 0 bridgehead atoms. The summed E-state index contributed by atoms with van der Waals surface area (Å²) in [5.74, 6) is -1.90. The van der Waals surface area contributed by atoms with Crippen LogP contribution in [0.4, 0.5) is 16.4 Å². The van der Waals surface area contributed by atoms with Crippen molar-refractivity contribution in [3.63, 3.8) is 0 Å². The highest BCUT2D eigenvalue weighted by Gasteiger charge is 2.29. The van der Waals surface area contributed by atoms with Gasteiger partial charge in [-0.05, 0) is 97.8 Å². The Bertz CT molecular complexity index is 2240. The Hall–Kier alpha value is -6.05. The Balaban J connectivity index is 1.26. The molecule has 56 heavy (non-hydrogen) atoms. The number of carbonyl (C=O) groups is 4. The summed E-state index contributed by atoms with van der Waals surface area (Å²) in [5, 5.41) is 19.6. The summed E-state index contributed by atoms with van der Waals surface area (Å²) in [6, 6.07) is 30.3.